The molecule has 0 amide bonds. The van der Waals surface area contributed by atoms with E-state index in [0.717, 1.165) is 73.1 Å². The van der Waals surface area contributed by atoms with Gasteiger partial charge in [0.25, 0.3) is 0 Å². The average molecular weight is 537 g/mol. The highest BCUT2D eigenvalue weighted by molar-refractivity contribution is 5.94. The van der Waals surface area contributed by atoms with Crippen molar-refractivity contribution in [1.29, 1.82) is 5.41 Å². The van der Waals surface area contributed by atoms with Crippen LogP contribution in [0.3, 0.4) is 0 Å². The molecular formula is C31H33FN8. The predicted molar refractivity (Wildman–Crippen MR) is 157 cm³/mol. The van der Waals surface area contributed by atoms with Gasteiger partial charge in [0.2, 0.25) is 0 Å². The third kappa shape index (κ3) is 5.51. The van der Waals surface area contributed by atoms with E-state index in [1.54, 1.807) is 30.5 Å². The predicted octanol–water partition coefficient (Wildman–Crippen LogP) is 5.30. The molecule has 0 bridgehead atoms. The molecule has 204 valence electrons. The van der Waals surface area contributed by atoms with Crippen LogP contribution in [-0.4, -0.2) is 63.4 Å². The molecule has 1 aromatic carbocycles. The summed E-state index contributed by atoms with van der Waals surface area (Å²) in [6, 6.07) is 19.2. The van der Waals surface area contributed by atoms with E-state index >= 15 is 0 Å². The number of H-pyrrole nitrogens is 1. The Morgan fingerprint density at radius 1 is 1.02 bits per heavy atom. The maximum Gasteiger partial charge on any atom is 0.130 e. The molecule has 2 aliphatic heterocycles. The van der Waals surface area contributed by atoms with Crippen molar-refractivity contribution in [2.75, 3.05) is 31.6 Å². The molecular weight excluding hydrogens is 503 g/mol. The second-order valence-electron chi connectivity index (χ2n) is 10.3. The van der Waals surface area contributed by atoms with E-state index in [0.29, 0.717) is 17.7 Å². The van der Waals surface area contributed by atoms with E-state index < -0.39 is 0 Å². The monoisotopic (exact) mass is 536 g/mol. The van der Waals surface area contributed by atoms with Crippen molar-refractivity contribution in [3.63, 3.8) is 0 Å². The molecule has 2 atom stereocenters. The molecule has 2 saturated heterocycles. The topological polar surface area (TPSA) is 96.8 Å². The molecule has 0 unspecified atom stereocenters. The van der Waals surface area contributed by atoms with E-state index in [-0.39, 0.29) is 11.9 Å². The van der Waals surface area contributed by atoms with Gasteiger partial charge in [0.15, 0.2) is 0 Å². The Balaban J connectivity index is 1.15. The smallest absolute Gasteiger partial charge is 0.130 e. The molecule has 0 aliphatic carbocycles. The van der Waals surface area contributed by atoms with Crippen molar-refractivity contribution < 1.29 is 4.39 Å². The number of likely N-dealkylation sites (tertiary alicyclic amines) is 1. The van der Waals surface area contributed by atoms with Gasteiger partial charge in [0.05, 0.1) is 35.0 Å². The summed E-state index contributed by atoms with van der Waals surface area (Å²) >= 11 is 0. The average Bonchev–Trinajstić information content (AvgIpc) is 3.77. The first-order valence-electron chi connectivity index (χ1n) is 13.8. The number of hydrogen-bond donors (Lipinski definition) is 3. The molecule has 0 spiro atoms. The molecule has 40 heavy (non-hydrogen) atoms. The fourth-order valence-corrected chi connectivity index (χ4v) is 5.59. The van der Waals surface area contributed by atoms with Gasteiger partial charge in [0, 0.05) is 25.7 Å². The van der Waals surface area contributed by atoms with Gasteiger partial charge >= 0.3 is 0 Å². The Morgan fingerprint density at radius 3 is 2.65 bits per heavy atom. The fraction of sp³-hybridized carbons (Fsp3) is 0.290. The molecule has 0 saturated carbocycles. The van der Waals surface area contributed by atoms with Crippen LogP contribution in [0.5, 0.6) is 0 Å². The van der Waals surface area contributed by atoms with Crippen LogP contribution in [-0.2, 0) is 0 Å². The van der Waals surface area contributed by atoms with Crippen molar-refractivity contribution in [2.45, 2.75) is 31.3 Å². The number of rotatable bonds is 7. The summed E-state index contributed by atoms with van der Waals surface area (Å²) in [6.07, 6.45) is 8.28. The number of hydrogen-bond acceptors (Lipinski definition) is 6. The van der Waals surface area contributed by atoms with Gasteiger partial charge in [-0.2, -0.15) is 0 Å². The van der Waals surface area contributed by atoms with Crippen molar-refractivity contribution in [3.8, 4) is 22.8 Å². The summed E-state index contributed by atoms with van der Waals surface area (Å²) in [5.41, 5.74) is 4.10. The van der Waals surface area contributed by atoms with E-state index in [9.17, 15) is 4.39 Å². The van der Waals surface area contributed by atoms with E-state index in [1.165, 1.54) is 6.07 Å². The zero-order valence-corrected chi connectivity index (χ0v) is 22.5. The van der Waals surface area contributed by atoms with Gasteiger partial charge in [-0.05, 0) is 80.4 Å². The second kappa shape index (κ2) is 11.4. The van der Waals surface area contributed by atoms with Crippen molar-refractivity contribution in [3.05, 3.63) is 90.1 Å². The Bertz CT molecular complexity index is 1530. The number of halogens is 1. The Labute approximate surface area is 233 Å². The summed E-state index contributed by atoms with van der Waals surface area (Å²) in [7, 11) is 2.01. The van der Waals surface area contributed by atoms with Crippen LogP contribution in [0.2, 0.25) is 0 Å². The third-order valence-electron chi connectivity index (χ3n) is 7.73. The highest BCUT2D eigenvalue weighted by Gasteiger charge is 2.27. The molecule has 5 heterocycles. The summed E-state index contributed by atoms with van der Waals surface area (Å²) in [4.78, 5) is 21.9. The normalized spacial score (nSPS) is 19.1. The van der Waals surface area contributed by atoms with Crippen LogP contribution < -0.4 is 10.2 Å². The first-order valence-corrected chi connectivity index (χ1v) is 13.8. The molecule has 8 nitrogen and oxygen atoms in total. The lowest BCUT2D eigenvalue weighted by atomic mass is 10.0. The Kier molecular flexibility index (Phi) is 7.37. The molecule has 2 fully saturated rings. The number of nitrogens with zero attached hydrogens (tertiary/aromatic N) is 5. The lowest BCUT2D eigenvalue weighted by Crippen LogP contribution is -2.29. The molecule has 3 aromatic heterocycles. The lowest BCUT2D eigenvalue weighted by Gasteiger charge is -2.26. The summed E-state index contributed by atoms with van der Waals surface area (Å²) < 4.78 is 13.8. The summed E-state index contributed by atoms with van der Waals surface area (Å²) in [5, 5.41) is 12.0. The molecule has 3 N–H and O–H groups in total. The minimum atomic E-state index is -0.245. The van der Waals surface area contributed by atoms with E-state index in [4.69, 9.17) is 15.4 Å². The van der Waals surface area contributed by atoms with Crippen LogP contribution in [0.25, 0.3) is 28.9 Å². The standard InChI is InChI=1S/C31H33FN8/c1-34-23-15-17-39(20-23)31-12-4-10-25(38-31)24-8-3-9-26(36-24)27-19-35-30(37-27)14-13-29(33)40-16-5-11-28(40)21-6-2-7-22(32)18-21/h2-4,6-10,12-14,18-19,23,28,33-34H,5,11,15-17,20H2,1H3,(H,35,37)/b14-13-,33-29?/t23-,28-/m1/s1. The molecule has 0 radical (unpaired) electrons. The number of nitrogens with one attached hydrogen (secondary N) is 3. The van der Waals surface area contributed by atoms with Gasteiger partial charge in [-0.25, -0.2) is 19.3 Å². The second-order valence-corrected chi connectivity index (χ2v) is 10.3. The zero-order valence-electron chi connectivity index (χ0n) is 22.5. The largest absolute Gasteiger partial charge is 0.355 e. The van der Waals surface area contributed by atoms with E-state index in [1.807, 2.05) is 48.3 Å². The van der Waals surface area contributed by atoms with Gasteiger partial charge in [-0.3, -0.25) is 5.41 Å². The first kappa shape index (κ1) is 25.9. The van der Waals surface area contributed by atoms with Crippen LogP contribution in [0.15, 0.2) is 72.9 Å². The van der Waals surface area contributed by atoms with Crippen molar-refractivity contribution in [2.24, 2.45) is 0 Å². The summed E-state index contributed by atoms with van der Waals surface area (Å²) in [6.45, 7) is 2.71. The Morgan fingerprint density at radius 2 is 1.82 bits per heavy atom. The molecule has 9 heteroatoms. The highest BCUT2D eigenvalue weighted by Crippen LogP contribution is 2.32. The van der Waals surface area contributed by atoms with Gasteiger partial charge < -0.3 is 20.1 Å². The van der Waals surface area contributed by atoms with E-state index in [2.05, 4.69) is 26.3 Å². The minimum absolute atomic E-state index is 0.00859. The SMILES string of the molecule is CN[C@@H]1CCN(c2cccc(-c3cccc(-c4cnc(/C=C\C(=N)N5CCC[C@@H]5c5cccc(F)c5)[nH]4)n3)n2)C1. The van der Waals surface area contributed by atoms with Gasteiger partial charge in [-0.15, -0.1) is 0 Å². The molecule has 6 rings (SSSR count). The van der Waals surface area contributed by atoms with Crippen LogP contribution in [0, 0.1) is 11.2 Å². The fourth-order valence-electron chi connectivity index (χ4n) is 5.59. The number of benzene rings is 1. The van der Waals surface area contributed by atoms with Gasteiger partial charge in [0.1, 0.15) is 23.3 Å². The van der Waals surface area contributed by atoms with Crippen LogP contribution in [0.1, 0.15) is 36.7 Å². The first-order chi connectivity index (χ1) is 19.6. The number of aromatic amines is 1. The third-order valence-corrected chi connectivity index (χ3v) is 7.73. The number of imidazole rings is 1. The quantitative estimate of drug-likeness (QED) is 0.219. The minimum Gasteiger partial charge on any atom is -0.355 e. The number of pyridine rings is 2. The number of amidine groups is 1. The maximum absolute atomic E-state index is 13.8. The maximum atomic E-state index is 13.8. The summed E-state index contributed by atoms with van der Waals surface area (Å²) in [5.74, 6) is 1.75. The van der Waals surface area contributed by atoms with Gasteiger partial charge in [-0.1, -0.05) is 24.3 Å². The van der Waals surface area contributed by atoms with Crippen molar-refractivity contribution in [1.82, 2.24) is 30.2 Å². The zero-order chi connectivity index (χ0) is 27.5. The number of likely N-dealkylation sites (N-methyl/N-ethyl adjacent to an activating group) is 1. The highest BCUT2D eigenvalue weighted by atomic mass is 19.1. The number of anilines is 1. The lowest BCUT2D eigenvalue weighted by molar-refractivity contribution is 0.399. The Hall–Kier alpha value is -4.37. The van der Waals surface area contributed by atoms with Crippen LogP contribution in [0.4, 0.5) is 10.2 Å². The van der Waals surface area contributed by atoms with Crippen LogP contribution >= 0.6 is 0 Å². The van der Waals surface area contributed by atoms with Crippen molar-refractivity contribution >= 4 is 17.7 Å². The molecule has 2 aliphatic rings. The number of aromatic nitrogens is 4. The molecule has 4 aromatic rings.